The van der Waals surface area contributed by atoms with E-state index in [-0.39, 0.29) is 18.0 Å². The van der Waals surface area contributed by atoms with E-state index in [1.807, 2.05) is 19.1 Å². The molecule has 0 saturated carbocycles. The number of ether oxygens (including phenoxy) is 3. The Bertz CT molecular complexity index is 1250. The molecule has 0 aliphatic carbocycles. The number of nitrogens with zero attached hydrogens (tertiary/aromatic N) is 3. The van der Waals surface area contributed by atoms with Gasteiger partial charge in [-0.15, -0.1) is 0 Å². The Balaban J connectivity index is 1.97. The Morgan fingerprint density at radius 3 is 2.27 bits per heavy atom. The molecule has 1 heterocycles. The predicted octanol–water partition coefficient (Wildman–Crippen LogP) is 3.27. The van der Waals surface area contributed by atoms with Crippen LogP contribution in [0, 0.1) is 6.92 Å². The molecule has 0 bridgehead atoms. The lowest BCUT2D eigenvalue weighted by Crippen LogP contribution is -2.27. The molecule has 2 aromatic carbocycles. The molecular weight excluding hydrogens is 446 g/mol. The molecule has 0 radical (unpaired) electrons. The van der Waals surface area contributed by atoms with Crippen LogP contribution in [0.25, 0.3) is 0 Å². The van der Waals surface area contributed by atoms with Crippen LogP contribution in [-0.4, -0.2) is 56.7 Å². The van der Waals surface area contributed by atoms with Gasteiger partial charge in [0.15, 0.2) is 0 Å². The molecule has 3 aromatic rings. The van der Waals surface area contributed by atoms with Gasteiger partial charge in [-0.25, -0.2) is 13.4 Å². The number of para-hydroxylation sites is 1. The van der Waals surface area contributed by atoms with Gasteiger partial charge in [-0.1, -0.05) is 18.2 Å². The Kier molecular flexibility index (Phi) is 7.17. The Morgan fingerprint density at radius 1 is 1.06 bits per heavy atom. The molecule has 0 spiro atoms. The zero-order valence-corrected chi connectivity index (χ0v) is 19.8. The second kappa shape index (κ2) is 9.86. The SMILES string of the molecule is COc1cc(CN(C)C(=O)c2cnc(S(C)(=O)=O)nc2Oc2ccccc2C)cc(OC)c1. The molecule has 10 heteroatoms. The fraction of sp³-hybridized carbons (Fsp3) is 0.261. The molecular formula is C23H25N3O6S. The summed E-state index contributed by atoms with van der Waals surface area (Å²) in [5.74, 6) is 1.05. The van der Waals surface area contributed by atoms with E-state index in [9.17, 15) is 13.2 Å². The van der Waals surface area contributed by atoms with Gasteiger partial charge in [-0.05, 0) is 36.2 Å². The molecule has 0 fully saturated rings. The summed E-state index contributed by atoms with van der Waals surface area (Å²) >= 11 is 0. The molecule has 174 valence electrons. The van der Waals surface area contributed by atoms with Gasteiger partial charge in [0.1, 0.15) is 22.8 Å². The maximum Gasteiger partial charge on any atom is 0.260 e. The number of rotatable bonds is 8. The number of methoxy groups -OCH3 is 2. The predicted molar refractivity (Wildman–Crippen MR) is 122 cm³/mol. The van der Waals surface area contributed by atoms with Crippen LogP contribution in [0.3, 0.4) is 0 Å². The summed E-state index contributed by atoms with van der Waals surface area (Å²) in [6, 6.07) is 12.5. The lowest BCUT2D eigenvalue weighted by Gasteiger charge is -2.20. The van der Waals surface area contributed by atoms with Crippen LogP contribution in [0.1, 0.15) is 21.5 Å². The molecule has 0 aliphatic rings. The lowest BCUT2D eigenvalue weighted by atomic mass is 10.1. The zero-order valence-electron chi connectivity index (χ0n) is 19.0. The standard InChI is InChI=1S/C23H25N3O6S/c1-15-8-6-7-9-20(15)32-21-19(13-24-23(25-21)33(5,28)29)22(27)26(2)14-16-10-17(30-3)12-18(11-16)31-4/h6-13H,14H2,1-5H3. The molecule has 9 nitrogen and oxygen atoms in total. The van der Waals surface area contributed by atoms with E-state index in [0.29, 0.717) is 17.2 Å². The van der Waals surface area contributed by atoms with Crippen molar-refractivity contribution < 1.29 is 27.4 Å². The molecule has 0 unspecified atom stereocenters. The van der Waals surface area contributed by atoms with Crippen LogP contribution >= 0.6 is 0 Å². The summed E-state index contributed by atoms with van der Waals surface area (Å²) in [5.41, 5.74) is 1.60. The third kappa shape index (κ3) is 5.78. The number of carbonyl (C=O) groups excluding carboxylic acids is 1. The van der Waals surface area contributed by atoms with Crippen molar-refractivity contribution in [3.8, 4) is 23.1 Å². The van der Waals surface area contributed by atoms with Crippen molar-refractivity contribution >= 4 is 15.7 Å². The average Bonchev–Trinajstić information content (AvgIpc) is 2.79. The highest BCUT2D eigenvalue weighted by Gasteiger charge is 2.24. The van der Waals surface area contributed by atoms with E-state index < -0.39 is 20.9 Å². The van der Waals surface area contributed by atoms with Gasteiger partial charge in [0.25, 0.3) is 5.91 Å². The Hall–Kier alpha value is -3.66. The van der Waals surface area contributed by atoms with Crippen LogP contribution in [0.2, 0.25) is 0 Å². The first-order valence-electron chi connectivity index (χ1n) is 9.90. The number of carbonyl (C=O) groups is 1. The van der Waals surface area contributed by atoms with Gasteiger partial charge >= 0.3 is 0 Å². The van der Waals surface area contributed by atoms with Crippen molar-refractivity contribution in [2.45, 2.75) is 18.6 Å². The van der Waals surface area contributed by atoms with Gasteiger partial charge in [0.05, 0.1) is 14.2 Å². The Morgan fingerprint density at radius 2 is 1.70 bits per heavy atom. The topological polar surface area (TPSA) is 108 Å². The lowest BCUT2D eigenvalue weighted by molar-refractivity contribution is 0.0780. The van der Waals surface area contributed by atoms with Crippen LogP contribution in [0.15, 0.2) is 53.8 Å². The number of benzene rings is 2. The third-order valence-electron chi connectivity index (χ3n) is 4.77. The summed E-state index contributed by atoms with van der Waals surface area (Å²) < 4.78 is 40.4. The van der Waals surface area contributed by atoms with Crippen LogP contribution in [-0.2, 0) is 16.4 Å². The number of hydrogen-bond acceptors (Lipinski definition) is 8. The zero-order chi connectivity index (χ0) is 24.2. The van der Waals surface area contributed by atoms with E-state index in [0.717, 1.165) is 17.4 Å². The summed E-state index contributed by atoms with van der Waals surface area (Å²) in [7, 11) is 0.988. The van der Waals surface area contributed by atoms with E-state index in [1.165, 1.54) is 11.1 Å². The van der Waals surface area contributed by atoms with Crippen molar-refractivity contribution in [1.29, 1.82) is 0 Å². The summed E-state index contributed by atoms with van der Waals surface area (Å²) in [4.78, 5) is 22.6. The monoisotopic (exact) mass is 471 g/mol. The quantitative estimate of drug-likeness (QED) is 0.461. The first-order chi connectivity index (χ1) is 15.6. The molecule has 0 aliphatic heterocycles. The second-order valence-electron chi connectivity index (χ2n) is 7.39. The summed E-state index contributed by atoms with van der Waals surface area (Å²) in [6.45, 7) is 2.06. The van der Waals surface area contributed by atoms with E-state index in [4.69, 9.17) is 14.2 Å². The molecule has 1 amide bonds. The van der Waals surface area contributed by atoms with Crippen LogP contribution < -0.4 is 14.2 Å². The van der Waals surface area contributed by atoms with E-state index in [1.54, 1.807) is 51.6 Å². The highest BCUT2D eigenvalue weighted by Crippen LogP contribution is 2.28. The van der Waals surface area contributed by atoms with Gasteiger partial charge in [-0.2, -0.15) is 4.98 Å². The fourth-order valence-electron chi connectivity index (χ4n) is 3.04. The smallest absolute Gasteiger partial charge is 0.260 e. The number of sulfone groups is 1. The number of aryl methyl sites for hydroxylation is 1. The molecule has 0 atom stereocenters. The minimum absolute atomic E-state index is 0.0306. The van der Waals surface area contributed by atoms with Crippen molar-refractivity contribution in [1.82, 2.24) is 14.9 Å². The van der Waals surface area contributed by atoms with Crippen molar-refractivity contribution in [2.75, 3.05) is 27.5 Å². The van der Waals surface area contributed by atoms with Gasteiger partial charge < -0.3 is 19.1 Å². The molecule has 1 aromatic heterocycles. The first kappa shape index (κ1) is 24.0. The van der Waals surface area contributed by atoms with E-state index in [2.05, 4.69) is 9.97 Å². The largest absolute Gasteiger partial charge is 0.497 e. The summed E-state index contributed by atoms with van der Waals surface area (Å²) in [6.07, 6.45) is 2.16. The van der Waals surface area contributed by atoms with Gasteiger partial charge in [-0.3, -0.25) is 4.79 Å². The fourth-order valence-corrected chi connectivity index (χ4v) is 3.53. The van der Waals surface area contributed by atoms with Crippen molar-refractivity contribution in [2.24, 2.45) is 0 Å². The highest BCUT2D eigenvalue weighted by atomic mass is 32.2. The number of aromatic nitrogens is 2. The average molecular weight is 472 g/mol. The normalized spacial score (nSPS) is 11.1. The van der Waals surface area contributed by atoms with Crippen molar-refractivity contribution in [3.63, 3.8) is 0 Å². The maximum atomic E-state index is 13.3. The summed E-state index contributed by atoms with van der Waals surface area (Å²) in [5, 5.41) is -0.428. The molecule has 0 saturated heterocycles. The minimum atomic E-state index is -3.71. The Labute approximate surface area is 192 Å². The van der Waals surface area contributed by atoms with Crippen molar-refractivity contribution in [3.05, 3.63) is 65.4 Å². The van der Waals surface area contributed by atoms with Crippen LogP contribution in [0.4, 0.5) is 0 Å². The highest BCUT2D eigenvalue weighted by molar-refractivity contribution is 7.90. The van der Waals surface area contributed by atoms with Gasteiger partial charge in [0.2, 0.25) is 20.9 Å². The molecule has 3 rings (SSSR count). The first-order valence-corrected chi connectivity index (χ1v) is 11.8. The molecule has 0 N–H and O–H groups in total. The number of hydrogen-bond donors (Lipinski definition) is 0. The molecule has 33 heavy (non-hydrogen) atoms. The van der Waals surface area contributed by atoms with Gasteiger partial charge in [0, 0.05) is 32.1 Å². The number of amides is 1. The maximum absolute atomic E-state index is 13.3. The third-order valence-corrected chi connectivity index (χ3v) is 5.63. The van der Waals surface area contributed by atoms with E-state index >= 15 is 0 Å². The minimum Gasteiger partial charge on any atom is -0.497 e. The second-order valence-corrected chi connectivity index (χ2v) is 9.30. The van der Waals surface area contributed by atoms with Crippen LogP contribution in [0.5, 0.6) is 23.1 Å².